The van der Waals surface area contributed by atoms with Crippen LogP contribution in [0.4, 0.5) is 4.39 Å². The number of halogens is 2. The fourth-order valence-corrected chi connectivity index (χ4v) is 0.889. The summed E-state index contributed by atoms with van der Waals surface area (Å²) in [6.07, 6.45) is -1.21. The van der Waals surface area contributed by atoms with Gasteiger partial charge in [-0.15, -0.1) is 0 Å². The molecule has 0 aliphatic heterocycles. The molecule has 0 aliphatic rings. The van der Waals surface area contributed by atoms with Crippen LogP contribution in [0.25, 0.3) is 0 Å². The monoisotopic (exact) mass is 174 g/mol. The quantitative estimate of drug-likeness (QED) is 0.694. The molecule has 0 aromatic carbocycles. The lowest BCUT2D eigenvalue weighted by Gasteiger charge is -2.03. The van der Waals surface area contributed by atoms with Gasteiger partial charge in [0.15, 0.2) is 6.17 Å². The first-order valence-electron chi connectivity index (χ1n) is 3.20. The Morgan fingerprint density at radius 2 is 2.36 bits per heavy atom. The summed E-state index contributed by atoms with van der Waals surface area (Å²) in [7, 11) is 0. The maximum absolute atomic E-state index is 12.8. The molecule has 0 amide bonds. The van der Waals surface area contributed by atoms with Crippen LogP contribution >= 0.6 is 11.6 Å². The summed E-state index contributed by atoms with van der Waals surface area (Å²) in [5.74, 6) is 0. The minimum Gasteiger partial charge on any atom is -0.327 e. The van der Waals surface area contributed by atoms with Crippen LogP contribution in [0.2, 0.25) is 5.15 Å². The van der Waals surface area contributed by atoms with Crippen LogP contribution in [0.15, 0.2) is 18.2 Å². The van der Waals surface area contributed by atoms with Crippen molar-refractivity contribution in [1.29, 1.82) is 0 Å². The molecule has 60 valence electrons. The fourth-order valence-electron chi connectivity index (χ4n) is 0.719. The Morgan fingerprint density at radius 3 is 2.91 bits per heavy atom. The number of hydrogen-bond donors (Lipinski definition) is 1. The van der Waals surface area contributed by atoms with Gasteiger partial charge in [0.2, 0.25) is 0 Å². The van der Waals surface area contributed by atoms with Gasteiger partial charge in [-0.3, -0.25) is 0 Å². The van der Waals surface area contributed by atoms with Gasteiger partial charge in [0.25, 0.3) is 0 Å². The van der Waals surface area contributed by atoms with Gasteiger partial charge in [-0.25, -0.2) is 9.37 Å². The number of rotatable bonds is 2. The summed E-state index contributed by atoms with van der Waals surface area (Å²) in [6, 6.07) is 4.80. The Labute approximate surface area is 69.2 Å². The van der Waals surface area contributed by atoms with Crippen molar-refractivity contribution in [2.45, 2.75) is 6.17 Å². The Balaban J connectivity index is 2.86. The molecule has 1 unspecified atom stereocenters. The highest BCUT2D eigenvalue weighted by Gasteiger charge is 2.07. The Morgan fingerprint density at radius 1 is 1.64 bits per heavy atom. The van der Waals surface area contributed by atoms with E-state index in [1.807, 2.05) is 0 Å². The van der Waals surface area contributed by atoms with Crippen LogP contribution in [0, 0.1) is 0 Å². The predicted octanol–water partition coefficient (Wildman–Crippen LogP) is 1.70. The molecule has 2 nitrogen and oxygen atoms in total. The highest BCUT2D eigenvalue weighted by molar-refractivity contribution is 6.29. The molecule has 0 saturated carbocycles. The van der Waals surface area contributed by atoms with Crippen molar-refractivity contribution >= 4 is 11.6 Å². The molecular weight excluding hydrogens is 167 g/mol. The third kappa shape index (κ3) is 2.13. The number of aromatic nitrogens is 1. The summed E-state index contributed by atoms with van der Waals surface area (Å²) in [5, 5.41) is 0.290. The van der Waals surface area contributed by atoms with Crippen LogP contribution in [0.5, 0.6) is 0 Å². The molecule has 4 heteroatoms. The van der Waals surface area contributed by atoms with Gasteiger partial charge in [-0.2, -0.15) is 0 Å². The van der Waals surface area contributed by atoms with E-state index in [1.54, 1.807) is 18.2 Å². The van der Waals surface area contributed by atoms with Crippen LogP contribution in [-0.4, -0.2) is 11.5 Å². The van der Waals surface area contributed by atoms with Gasteiger partial charge in [0, 0.05) is 6.54 Å². The van der Waals surface area contributed by atoms with E-state index in [0.717, 1.165) is 0 Å². The minimum atomic E-state index is -1.21. The van der Waals surface area contributed by atoms with Gasteiger partial charge < -0.3 is 5.73 Å². The number of hydrogen-bond acceptors (Lipinski definition) is 2. The molecular formula is C7H8ClFN2. The molecule has 0 spiro atoms. The molecule has 0 saturated heterocycles. The van der Waals surface area contributed by atoms with Crippen molar-refractivity contribution in [2.24, 2.45) is 5.73 Å². The molecule has 1 heterocycles. The third-order valence-corrected chi connectivity index (χ3v) is 1.48. The molecule has 1 atom stereocenters. The summed E-state index contributed by atoms with van der Waals surface area (Å²) < 4.78 is 12.8. The number of pyridine rings is 1. The van der Waals surface area contributed by atoms with Gasteiger partial charge in [-0.05, 0) is 12.1 Å². The minimum absolute atomic E-state index is 0.0622. The SMILES string of the molecule is NCC(F)c1cccc(Cl)n1. The third-order valence-electron chi connectivity index (χ3n) is 1.26. The number of nitrogens with zero attached hydrogens (tertiary/aromatic N) is 1. The van der Waals surface area contributed by atoms with E-state index in [9.17, 15) is 4.39 Å². The largest absolute Gasteiger partial charge is 0.327 e. The van der Waals surface area contributed by atoms with Crippen LogP contribution in [-0.2, 0) is 0 Å². The zero-order valence-corrected chi connectivity index (χ0v) is 6.55. The standard InChI is InChI=1S/C7H8ClFN2/c8-7-3-1-2-6(11-7)5(9)4-10/h1-3,5H,4,10H2. The topological polar surface area (TPSA) is 38.9 Å². The second-order valence-electron chi connectivity index (χ2n) is 2.09. The van der Waals surface area contributed by atoms with E-state index in [4.69, 9.17) is 17.3 Å². The lowest BCUT2D eigenvalue weighted by molar-refractivity contribution is 0.345. The molecule has 1 rings (SSSR count). The maximum Gasteiger partial charge on any atom is 0.154 e. The molecule has 11 heavy (non-hydrogen) atoms. The van der Waals surface area contributed by atoms with Crippen molar-refractivity contribution < 1.29 is 4.39 Å². The van der Waals surface area contributed by atoms with Gasteiger partial charge >= 0.3 is 0 Å². The molecule has 0 bridgehead atoms. The van der Waals surface area contributed by atoms with Crippen molar-refractivity contribution in [3.05, 3.63) is 29.0 Å². The van der Waals surface area contributed by atoms with Crippen LogP contribution in [0.1, 0.15) is 11.9 Å². The molecule has 0 fully saturated rings. The highest BCUT2D eigenvalue weighted by Crippen LogP contribution is 2.15. The molecule has 2 N–H and O–H groups in total. The highest BCUT2D eigenvalue weighted by atomic mass is 35.5. The molecule has 1 aromatic heterocycles. The summed E-state index contributed by atoms with van der Waals surface area (Å²) in [6.45, 7) is -0.0622. The number of nitrogens with two attached hydrogens (primary N) is 1. The first kappa shape index (κ1) is 8.43. The average molecular weight is 175 g/mol. The summed E-state index contributed by atoms with van der Waals surface area (Å²) >= 11 is 5.53. The first-order chi connectivity index (χ1) is 5.24. The van der Waals surface area contributed by atoms with Crippen molar-refractivity contribution in [3.63, 3.8) is 0 Å². The van der Waals surface area contributed by atoms with E-state index in [1.165, 1.54) is 0 Å². The summed E-state index contributed by atoms with van der Waals surface area (Å²) in [4.78, 5) is 3.75. The predicted molar refractivity (Wildman–Crippen MR) is 42.2 cm³/mol. The second kappa shape index (κ2) is 3.64. The average Bonchev–Trinajstić information content (AvgIpc) is 2.03. The Kier molecular flexibility index (Phi) is 2.79. The van der Waals surface area contributed by atoms with Crippen LogP contribution in [0.3, 0.4) is 0 Å². The summed E-state index contributed by atoms with van der Waals surface area (Å²) in [5.41, 5.74) is 5.39. The van der Waals surface area contributed by atoms with Gasteiger partial charge in [0.1, 0.15) is 5.15 Å². The van der Waals surface area contributed by atoms with Gasteiger partial charge in [-0.1, -0.05) is 17.7 Å². The van der Waals surface area contributed by atoms with Crippen molar-refractivity contribution in [2.75, 3.05) is 6.54 Å². The van der Waals surface area contributed by atoms with E-state index in [2.05, 4.69) is 4.98 Å². The smallest absolute Gasteiger partial charge is 0.154 e. The fraction of sp³-hybridized carbons (Fsp3) is 0.286. The molecule has 0 aliphatic carbocycles. The Hall–Kier alpha value is -0.670. The second-order valence-corrected chi connectivity index (χ2v) is 2.48. The van der Waals surface area contributed by atoms with E-state index < -0.39 is 6.17 Å². The Bertz CT molecular complexity index is 242. The first-order valence-corrected chi connectivity index (χ1v) is 3.58. The van der Waals surface area contributed by atoms with Gasteiger partial charge in [0.05, 0.1) is 5.69 Å². The van der Waals surface area contributed by atoms with E-state index in [0.29, 0.717) is 10.8 Å². The molecule has 1 aromatic rings. The lowest BCUT2D eigenvalue weighted by atomic mass is 10.2. The zero-order chi connectivity index (χ0) is 8.27. The van der Waals surface area contributed by atoms with Crippen LogP contribution < -0.4 is 5.73 Å². The lowest BCUT2D eigenvalue weighted by Crippen LogP contribution is -2.08. The molecule has 0 radical (unpaired) electrons. The normalized spacial score (nSPS) is 13.0. The van der Waals surface area contributed by atoms with Crippen molar-refractivity contribution in [3.8, 4) is 0 Å². The van der Waals surface area contributed by atoms with Crippen molar-refractivity contribution in [1.82, 2.24) is 4.98 Å². The van der Waals surface area contributed by atoms with E-state index >= 15 is 0 Å². The number of alkyl halides is 1. The maximum atomic E-state index is 12.8. The zero-order valence-electron chi connectivity index (χ0n) is 5.80. The van der Waals surface area contributed by atoms with E-state index in [-0.39, 0.29) is 6.54 Å².